The number of nitrogens with zero attached hydrogens (tertiary/aromatic N) is 2. The van der Waals surface area contributed by atoms with Gasteiger partial charge in [0.1, 0.15) is 17.5 Å². The normalized spacial score (nSPS) is 27.6. The highest BCUT2D eigenvalue weighted by molar-refractivity contribution is 6.30. The summed E-state index contributed by atoms with van der Waals surface area (Å²) in [6.45, 7) is 10.3. The third-order valence-corrected chi connectivity index (χ3v) is 6.59. The molecule has 184 valence electrons. The summed E-state index contributed by atoms with van der Waals surface area (Å²) < 4.78 is 48.6. The van der Waals surface area contributed by atoms with Crippen LogP contribution in [0.3, 0.4) is 0 Å². The Bertz CT molecular complexity index is 899. The fraction of sp³-hybridized carbons (Fsp3) is 0.667. The minimum atomic E-state index is -3.17. The summed E-state index contributed by atoms with van der Waals surface area (Å²) in [4.78, 5) is 28.3. The number of likely N-dealkylation sites (tertiary alicyclic amines) is 2. The van der Waals surface area contributed by atoms with Crippen molar-refractivity contribution in [3.63, 3.8) is 0 Å². The van der Waals surface area contributed by atoms with Gasteiger partial charge in [-0.1, -0.05) is 25.4 Å². The molecule has 2 unspecified atom stereocenters. The van der Waals surface area contributed by atoms with Crippen molar-refractivity contribution in [2.24, 2.45) is 11.8 Å². The molecule has 0 N–H and O–H groups in total. The molecule has 33 heavy (non-hydrogen) atoms. The van der Waals surface area contributed by atoms with Gasteiger partial charge in [-0.15, -0.1) is 0 Å². The first-order chi connectivity index (χ1) is 15.1. The number of benzene rings is 1. The van der Waals surface area contributed by atoms with E-state index < -0.39 is 42.5 Å². The number of piperidine rings is 1. The standard InChI is InChI=1S/C24H32ClF3N2O3/c1-13-7-16(25)8-17(26)20(13)19-14(2)10-29(11-15(19)3)21(31)18-9-24(27,28)12-30(18)22(32)33-23(4,5)6/h7-8,14-15,18-19H,9-12H2,1-6H3/t14-,15+,18?,19?. The predicted molar refractivity (Wildman–Crippen MR) is 120 cm³/mol. The Labute approximate surface area is 198 Å². The second-order valence-corrected chi connectivity index (χ2v) is 11.0. The molecule has 2 saturated heterocycles. The quantitative estimate of drug-likeness (QED) is 0.542. The van der Waals surface area contributed by atoms with Crippen LogP contribution in [0.15, 0.2) is 12.1 Å². The summed E-state index contributed by atoms with van der Waals surface area (Å²) in [5.74, 6) is -4.47. The van der Waals surface area contributed by atoms with E-state index in [1.54, 1.807) is 33.8 Å². The van der Waals surface area contributed by atoms with Crippen LogP contribution in [0.2, 0.25) is 5.02 Å². The predicted octanol–water partition coefficient (Wildman–Crippen LogP) is 5.63. The van der Waals surface area contributed by atoms with Gasteiger partial charge >= 0.3 is 6.09 Å². The van der Waals surface area contributed by atoms with Gasteiger partial charge in [0, 0.05) is 24.5 Å². The lowest BCUT2D eigenvalue weighted by atomic mass is 9.73. The van der Waals surface area contributed by atoms with Crippen molar-refractivity contribution in [1.82, 2.24) is 9.80 Å². The molecule has 2 fully saturated rings. The molecule has 0 radical (unpaired) electrons. The number of carbonyl (C=O) groups excluding carboxylic acids is 2. The summed E-state index contributed by atoms with van der Waals surface area (Å²) in [5, 5.41) is 0.325. The van der Waals surface area contributed by atoms with Gasteiger partial charge < -0.3 is 9.64 Å². The zero-order valence-corrected chi connectivity index (χ0v) is 20.7. The van der Waals surface area contributed by atoms with Gasteiger partial charge in [-0.3, -0.25) is 9.69 Å². The average Bonchev–Trinajstić information content (AvgIpc) is 2.96. The highest BCUT2D eigenvalue weighted by atomic mass is 35.5. The minimum Gasteiger partial charge on any atom is -0.444 e. The lowest BCUT2D eigenvalue weighted by molar-refractivity contribution is -0.139. The summed E-state index contributed by atoms with van der Waals surface area (Å²) in [5.41, 5.74) is 0.453. The van der Waals surface area contributed by atoms with Gasteiger partial charge in [0.25, 0.3) is 5.92 Å². The molecule has 2 aliphatic rings. The van der Waals surface area contributed by atoms with Crippen molar-refractivity contribution < 1.29 is 27.5 Å². The molecular weight excluding hydrogens is 457 g/mol. The van der Waals surface area contributed by atoms with E-state index in [1.165, 1.54) is 11.0 Å². The largest absolute Gasteiger partial charge is 0.444 e. The van der Waals surface area contributed by atoms with Crippen LogP contribution in [0.1, 0.15) is 58.1 Å². The lowest BCUT2D eigenvalue weighted by Crippen LogP contribution is -2.54. The van der Waals surface area contributed by atoms with Gasteiger partial charge in [0.05, 0.1) is 6.54 Å². The van der Waals surface area contributed by atoms with Crippen molar-refractivity contribution in [2.45, 2.75) is 71.4 Å². The number of alkyl halides is 2. The molecule has 3 rings (SSSR count). The smallest absolute Gasteiger partial charge is 0.411 e. The topological polar surface area (TPSA) is 49.9 Å². The van der Waals surface area contributed by atoms with Gasteiger partial charge in [0.2, 0.25) is 5.91 Å². The Balaban J connectivity index is 1.81. The molecule has 1 aromatic rings. The summed E-state index contributed by atoms with van der Waals surface area (Å²) >= 11 is 5.98. The van der Waals surface area contributed by atoms with E-state index in [9.17, 15) is 22.8 Å². The van der Waals surface area contributed by atoms with E-state index in [0.717, 1.165) is 10.5 Å². The maximum atomic E-state index is 14.8. The second kappa shape index (κ2) is 9.01. The molecule has 0 saturated carbocycles. The first-order valence-electron chi connectivity index (χ1n) is 11.2. The molecule has 0 spiro atoms. The number of hydrogen-bond acceptors (Lipinski definition) is 3. The van der Waals surface area contributed by atoms with Crippen LogP contribution < -0.4 is 0 Å². The number of amides is 2. The Hall–Kier alpha value is -1.96. The van der Waals surface area contributed by atoms with Crippen molar-refractivity contribution in [2.75, 3.05) is 19.6 Å². The van der Waals surface area contributed by atoms with E-state index in [2.05, 4.69) is 0 Å². The number of aryl methyl sites for hydroxylation is 1. The Morgan fingerprint density at radius 1 is 1.15 bits per heavy atom. The molecule has 2 heterocycles. The number of carbonyl (C=O) groups is 2. The molecule has 0 aromatic heterocycles. The van der Waals surface area contributed by atoms with Gasteiger partial charge in [-0.05, 0) is 68.7 Å². The fourth-order valence-corrected chi connectivity index (χ4v) is 5.46. The van der Waals surface area contributed by atoms with Crippen molar-refractivity contribution in [3.05, 3.63) is 34.1 Å². The maximum absolute atomic E-state index is 14.8. The van der Waals surface area contributed by atoms with Crippen LogP contribution in [0.25, 0.3) is 0 Å². The molecule has 0 bridgehead atoms. The molecule has 9 heteroatoms. The molecule has 4 atom stereocenters. The Morgan fingerprint density at radius 2 is 1.73 bits per heavy atom. The second-order valence-electron chi connectivity index (χ2n) is 10.5. The van der Waals surface area contributed by atoms with Crippen molar-refractivity contribution in [3.8, 4) is 0 Å². The number of rotatable bonds is 2. The van der Waals surface area contributed by atoms with E-state index in [1.807, 2.05) is 13.8 Å². The summed E-state index contributed by atoms with van der Waals surface area (Å²) in [6, 6.07) is 1.72. The highest BCUT2D eigenvalue weighted by Crippen LogP contribution is 2.42. The minimum absolute atomic E-state index is 0.121. The zero-order chi connectivity index (χ0) is 24.9. The fourth-order valence-electron chi connectivity index (χ4n) is 5.20. The number of hydrogen-bond donors (Lipinski definition) is 0. The van der Waals surface area contributed by atoms with Gasteiger partial charge in [-0.25, -0.2) is 18.0 Å². The van der Waals surface area contributed by atoms with Gasteiger partial charge in [0.15, 0.2) is 0 Å². The van der Waals surface area contributed by atoms with Crippen LogP contribution in [0, 0.1) is 24.6 Å². The van der Waals surface area contributed by atoms with Crippen LogP contribution in [-0.4, -0.2) is 59.0 Å². The molecule has 2 amide bonds. The highest BCUT2D eigenvalue weighted by Gasteiger charge is 2.53. The summed E-state index contributed by atoms with van der Waals surface area (Å²) in [6.07, 6.45) is -1.66. The van der Waals surface area contributed by atoms with Crippen LogP contribution in [-0.2, 0) is 9.53 Å². The Morgan fingerprint density at radius 3 is 2.24 bits per heavy atom. The number of ether oxygens (including phenoxy) is 1. The van der Waals surface area contributed by atoms with Crippen LogP contribution in [0.4, 0.5) is 18.0 Å². The zero-order valence-electron chi connectivity index (χ0n) is 19.9. The average molecular weight is 489 g/mol. The molecule has 0 aliphatic carbocycles. The molecular formula is C24H32ClF3N2O3. The first-order valence-corrected chi connectivity index (χ1v) is 11.6. The maximum Gasteiger partial charge on any atom is 0.411 e. The van der Waals surface area contributed by atoms with Gasteiger partial charge in [-0.2, -0.15) is 0 Å². The first kappa shape index (κ1) is 25.7. The molecule has 2 aliphatic heterocycles. The van der Waals surface area contributed by atoms with Crippen molar-refractivity contribution >= 4 is 23.6 Å². The monoisotopic (exact) mass is 488 g/mol. The summed E-state index contributed by atoms with van der Waals surface area (Å²) in [7, 11) is 0. The lowest BCUT2D eigenvalue weighted by Gasteiger charge is -2.43. The van der Waals surface area contributed by atoms with E-state index in [-0.39, 0.29) is 36.7 Å². The van der Waals surface area contributed by atoms with E-state index in [0.29, 0.717) is 10.6 Å². The Kier molecular flexibility index (Phi) is 7.00. The van der Waals surface area contributed by atoms with Crippen LogP contribution >= 0.6 is 11.6 Å². The molecule has 5 nitrogen and oxygen atoms in total. The van der Waals surface area contributed by atoms with E-state index >= 15 is 0 Å². The van der Waals surface area contributed by atoms with Crippen LogP contribution in [0.5, 0.6) is 0 Å². The third kappa shape index (κ3) is 5.58. The SMILES string of the molecule is Cc1cc(Cl)cc(F)c1C1[C@H](C)CN(C(=O)C2CC(F)(F)CN2C(=O)OC(C)(C)C)C[C@@H]1C. The third-order valence-electron chi connectivity index (χ3n) is 6.37. The molecule has 1 aromatic carbocycles. The van der Waals surface area contributed by atoms with E-state index in [4.69, 9.17) is 16.3 Å². The number of halogens is 4. The van der Waals surface area contributed by atoms with Crippen molar-refractivity contribution in [1.29, 1.82) is 0 Å².